The van der Waals surface area contributed by atoms with Crippen LogP contribution in [0.1, 0.15) is 13.3 Å². The molecule has 3 nitrogen and oxygen atoms in total. The van der Waals surface area contributed by atoms with Gasteiger partial charge in [0.05, 0.1) is 13.2 Å². The molecule has 1 heterocycles. The maximum absolute atomic E-state index is 5.26. The van der Waals surface area contributed by atoms with E-state index in [1.54, 1.807) is 0 Å². The van der Waals surface area contributed by atoms with Crippen molar-refractivity contribution < 1.29 is 14.2 Å². The molecule has 0 bridgehead atoms. The molecule has 3 heteroatoms. The Labute approximate surface area is 61.3 Å². The average Bonchev–Trinajstić information content (AvgIpc) is 2.41. The fourth-order valence-corrected chi connectivity index (χ4v) is 0.827. The summed E-state index contributed by atoms with van der Waals surface area (Å²) in [4.78, 5) is 0. The average molecular weight is 146 g/mol. The molecule has 0 aliphatic carbocycles. The van der Waals surface area contributed by atoms with E-state index in [2.05, 4.69) is 6.92 Å². The Balaban J connectivity index is 1.91. The van der Waals surface area contributed by atoms with Crippen molar-refractivity contribution in [1.29, 1.82) is 0 Å². The summed E-state index contributed by atoms with van der Waals surface area (Å²) in [5.74, 6) is 0. The van der Waals surface area contributed by atoms with Crippen molar-refractivity contribution in [3.8, 4) is 0 Å². The first kappa shape index (κ1) is 7.98. The van der Waals surface area contributed by atoms with Gasteiger partial charge >= 0.3 is 0 Å². The Bertz CT molecular complexity index is 78.9. The minimum Gasteiger partial charge on any atom is -0.379 e. The maximum atomic E-state index is 5.26. The van der Waals surface area contributed by atoms with Crippen molar-refractivity contribution in [1.82, 2.24) is 0 Å². The number of rotatable bonds is 4. The van der Waals surface area contributed by atoms with Crippen LogP contribution >= 0.6 is 0 Å². The van der Waals surface area contributed by atoms with Crippen LogP contribution in [0.2, 0.25) is 0 Å². The van der Waals surface area contributed by atoms with Gasteiger partial charge in [-0.1, -0.05) is 6.92 Å². The van der Waals surface area contributed by atoms with Gasteiger partial charge in [-0.2, -0.15) is 0 Å². The molecule has 0 radical (unpaired) electrons. The van der Waals surface area contributed by atoms with Crippen molar-refractivity contribution in [2.75, 3.05) is 26.6 Å². The van der Waals surface area contributed by atoms with Crippen LogP contribution in [0.25, 0.3) is 0 Å². The summed E-state index contributed by atoms with van der Waals surface area (Å²) >= 11 is 0. The van der Waals surface area contributed by atoms with E-state index in [1.165, 1.54) is 0 Å². The van der Waals surface area contributed by atoms with E-state index in [0.717, 1.165) is 13.0 Å². The van der Waals surface area contributed by atoms with E-state index in [0.29, 0.717) is 20.0 Å². The lowest BCUT2D eigenvalue weighted by Crippen LogP contribution is -2.17. The van der Waals surface area contributed by atoms with Crippen LogP contribution in [-0.2, 0) is 14.2 Å². The SMILES string of the molecule is CCCOCC1COCO1. The lowest BCUT2D eigenvalue weighted by atomic mass is 10.4. The molecule has 0 aromatic heterocycles. The van der Waals surface area contributed by atoms with E-state index in [-0.39, 0.29) is 6.10 Å². The first-order valence-electron chi connectivity index (χ1n) is 3.70. The normalized spacial score (nSPS) is 25.5. The van der Waals surface area contributed by atoms with Crippen LogP contribution in [0, 0.1) is 0 Å². The van der Waals surface area contributed by atoms with E-state index >= 15 is 0 Å². The first-order valence-corrected chi connectivity index (χ1v) is 3.70. The quantitative estimate of drug-likeness (QED) is 0.549. The Morgan fingerprint density at radius 2 is 2.50 bits per heavy atom. The van der Waals surface area contributed by atoms with E-state index in [1.807, 2.05) is 0 Å². The second-order valence-electron chi connectivity index (χ2n) is 2.35. The third-order valence-electron chi connectivity index (χ3n) is 1.34. The van der Waals surface area contributed by atoms with Crippen molar-refractivity contribution >= 4 is 0 Å². The standard InChI is InChI=1S/C7H14O3/c1-2-3-8-4-7-5-9-6-10-7/h7H,2-6H2,1H3. The van der Waals surface area contributed by atoms with Gasteiger partial charge in [-0.25, -0.2) is 0 Å². The zero-order chi connectivity index (χ0) is 7.23. The summed E-state index contributed by atoms with van der Waals surface area (Å²) < 4.78 is 15.4. The second kappa shape index (κ2) is 4.66. The highest BCUT2D eigenvalue weighted by atomic mass is 16.7. The van der Waals surface area contributed by atoms with Gasteiger partial charge in [-0.15, -0.1) is 0 Å². The van der Waals surface area contributed by atoms with Crippen LogP contribution in [-0.4, -0.2) is 32.7 Å². The van der Waals surface area contributed by atoms with Crippen LogP contribution in [0.4, 0.5) is 0 Å². The van der Waals surface area contributed by atoms with Crippen LogP contribution in [0.5, 0.6) is 0 Å². The Kier molecular flexibility index (Phi) is 3.72. The highest BCUT2D eigenvalue weighted by Gasteiger charge is 2.15. The molecule has 0 amide bonds. The lowest BCUT2D eigenvalue weighted by molar-refractivity contribution is 0.00540. The second-order valence-corrected chi connectivity index (χ2v) is 2.35. The molecule has 10 heavy (non-hydrogen) atoms. The van der Waals surface area contributed by atoms with Gasteiger partial charge in [0.15, 0.2) is 0 Å². The van der Waals surface area contributed by atoms with Crippen molar-refractivity contribution in [3.63, 3.8) is 0 Å². The Morgan fingerprint density at radius 1 is 1.60 bits per heavy atom. The van der Waals surface area contributed by atoms with Crippen LogP contribution < -0.4 is 0 Å². The van der Waals surface area contributed by atoms with Gasteiger partial charge in [-0.05, 0) is 6.42 Å². The number of hydrogen-bond donors (Lipinski definition) is 0. The fraction of sp³-hybridized carbons (Fsp3) is 1.00. The van der Waals surface area contributed by atoms with Crippen molar-refractivity contribution in [2.45, 2.75) is 19.4 Å². The number of hydrogen-bond acceptors (Lipinski definition) is 3. The molecule has 0 aromatic rings. The van der Waals surface area contributed by atoms with Gasteiger partial charge in [0, 0.05) is 6.61 Å². The molecule has 1 aliphatic rings. The van der Waals surface area contributed by atoms with Crippen LogP contribution in [0.3, 0.4) is 0 Å². The summed E-state index contributed by atoms with van der Waals surface area (Å²) in [5.41, 5.74) is 0. The Morgan fingerprint density at radius 3 is 3.10 bits per heavy atom. The summed E-state index contributed by atoms with van der Waals surface area (Å²) in [5, 5.41) is 0. The van der Waals surface area contributed by atoms with E-state index < -0.39 is 0 Å². The maximum Gasteiger partial charge on any atom is 0.147 e. The predicted molar refractivity (Wildman–Crippen MR) is 36.8 cm³/mol. The highest BCUT2D eigenvalue weighted by molar-refractivity contribution is 4.57. The number of ether oxygens (including phenoxy) is 3. The smallest absolute Gasteiger partial charge is 0.147 e. The summed E-state index contributed by atoms with van der Waals surface area (Å²) in [6.07, 6.45) is 1.24. The summed E-state index contributed by atoms with van der Waals surface area (Å²) in [6, 6.07) is 0. The van der Waals surface area contributed by atoms with Gasteiger partial charge in [0.25, 0.3) is 0 Å². The third kappa shape index (κ3) is 2.64. The molecule has 0 spiro atoms. The zero-order valence-corrected chi connectivity index (χ0v) is 6.34. The predicted octanol–water partition coefficient (Wildman–Crippen LogP) is 0.786. The molecule has 0 N–H and O–H groups in total. The Hall–Kier alpha value is -0.120. The minimum absolute atomic E-state index is 0.173. The van der Waals surface area contributed by atoms with Crippen LogP contribution in [0.15, 0.2) is 0 Å². The van der Waals surface area contributed by atoms with E-state index in [9.17, 15) is 0 Å². The minimum atomic E-state index is 0.173. The van der Waals surface area contributed by atoms with Gasteiger partial charge in [0.1, 0.15) is 12.9 Å². The van der Waals surface area contributed by atoms with Gasteiger partial charge in [-0.3, -0.25) is 0 Å². The van der Waals surface area contributed by atoms with Gasteiger partial charge < -0.3 is 14.2 Å². The van der Waals surface area contributed by atoms with E-state index in [4.69, 9.17) is 14.2 Å². The topological polar surface area (TPSA) is 27.7 Å². The van der Waals surface area contributed by atoms with Gasteiger partial charge in [0.2, 0.25) is 0 Å². The molecule has 1 aliphatic heterocycles. The molecule has 60 valence electrons. The zero-order valence-electron chi connectivity index (χ0n) is 6.34. The molecule has 1 saturated heterocycles. The largest absolute Gasteiger partial charge is 0.379 e. The monoisotopic (exact) mass is 146 g/mol. The van der Waals surface area contributed by atoms with Crippen molar-refractivity contribution in [2.24, 2.45) is 0 Å². The third-order valence-corrected chi connectivity index (χ3v) is 1.34. The lowest BCUT2D eigenvalue weighted by Gasteiger charge is -2.06. The molecule has 1 rings (SSSR count). The molecule has 1 unspecified atom stereocenters. The molecule has 1 atom stereocenters. The molecule has 1 fully saturated rings. The molecular formula is C7H14O3. The highest BCUT2D eigenvalue weighted by Crippen LogP contribution is 2.02. The van der Waals surface area contributed by atoms with Crippen molar-refractivity contribution in [3.05, 3.63) is 0 Å². The molecule has 0 aromatic carbocycles. The fourth-order valence-electron chi connectivity index (χ4n) is 0.827. The summed E-state index contributed by atoms with van der Waals surface area (Å²) in [6.45, 7) is 4.70. The molecular weight excluding hydrogens is 132 g/mol. The summed E-state index contributed by atoms with van der Waals surface area (Å²) in [7, 11) is 0. The first-order chi connectivity index (χ1) is 4.93. The molecule has 0 saturated carbocycles.